The Morgan fingerprint density at radius 2 is 2.36 bits per heavy atom. The molecule has 0 aliphatic heterocycles. The van der Waals surface area contributed by atoms with Crippen LogP contribution >= 0.6 is 15.9 Å². The topological polar surface area (TPSA) is 12.9 Å². The summed E-state index contributed by atoms with van der Waals surface area (Å²) in [5.41, 5.74) is 1.38. The fourth-order valence-corrected chi connectivity index (χ4v) is 2.26. The largest absolute Gasteiger partial charge is 0.264 e. The van der Waals surface area contributed by atoms with Gasteiger partial charge in [-0.25, -0.2) is 0 Å². The van der Waals surface area contributed by atoms with Crippen LogP contribution in [0, 0.1) is 0 Å². The van der Waals surface area contributed by atoms with E-state index in [0.717, 1.165) is 0 Å². The van der Waals surface area contributed by atoms with Crippen molar-refractivity contribution in [1.29, 1.82) is 0 Å². The Labute approximate surface area is 75.0 Å². The van der Waals surface area contributed by atoms with Crippen LogP contribution in [0.25, 0.3) is 0 Å². The number of nitrogens with zero attached hydrogens (tertiary/aromatic N) is 1. The SMILES string of the molecule is BrC1CCC1c1cccnc1. The van der Waals surface area contributed by atoms with E-state index >= 15 is 0 Å². The van der Waals surface area contributed by atoms with Crippen molar-refractivity contribution < 1.29 is 0 Å². The summed E-state index contributed by atoms with van der Waals surface area (Å²) in [5, 5.41) is 0. The highest BCUT2D eigenvalue weighted by Crippen LogP contribution is 2.41. The van der Waals surface area contributed by atoms with Gasteiger partial charge in [-0.3, -0.25) is 4.98 Å². The molecule has 0 aromatic carbocycles. The van der Waals surface area contributed by atoms with Gasteiger partial charge in [0.25, 0.3) is 0 Å². The summed E-state index contributed by atoms with van der Waals surface area (Å²) in [4.78, 5) is 4.79. The summed E-state index contributed by atoms with van der Waals surface area (Å²) < 4.78 is 0. The van der Waals surface area contributed by atoms with Crippen LogP contribution in [0.1, 0.15) is 24.3 Å². The fourth-order valence-electron chi connectivity index (χ4n) is 1.43. The van der Waals surface area contributed by atoms with Gasteiger partial charge in [-0.2, -0.15) is 0 Å². The lowest BCUT2D eigenvalue weighted by molar-refractivity contribution is 0.443. The smallest absolute Gasteiger partial charge is 0.0303 e. The van der Waals surface area contributed by atoms with Gasteiger partial charge in [0.15, 0.2) is 0 Å². The number of alkyl halides is 1. The Hall–Kier alpha value is -0.370. The first kappa shape index (κ1) is 7.29. The van der Waals surface area contributed by atoms with Crippen LogP contribution in [0.3, 0.4) is 0 Å². The van der Waals surface area contributed by atoms with Gasteiger partial charge in [0.2, 0.25) is 0 Å². The van der Waals surface area contributed by atoms with Crippen molar-refractivity contribution in [3.05, 3.63) is 30.1 Å². The number of halogens is 1. The van der Waals surface area contributed by atoms with Crippen LogP contribution < -0.4 is 0 Å². The molecule has 0 saturated heterocycles. The molecule has 0 amide bonds. The second-order valence-corrected chi connectivity index (χ2v) is 4.16. The molecule has 2 rings (SSSR count). The van der Waals surface area contributed by atoms with E-state index in [1.165, 1.54) is 18.4 Å². The molecule has 0 N–H and O–H groups in total. The monoisotopic (exact) mass is 211 g/mol. The maximum atomic E-state index is 4.10. The van der Waals surface area contributed by atoms with Gasteiger partial charge in [-0.1, -0.05) is 22.0 Å². The quantitative estimate of drug-likeness (QED) is 0.652. The standard InChI is InChI=1S/C9H10BrN/c10-9-4-3-8(9)7-2-1-5-11-6-7/h1-2,5-6,8-9H,3-4H2. The summed E-state index contributed by atoms with van der Waals surface area (Å²) in [7, 11) is 0. The third kappa shape index (κ3) is 1.32. The van der Waals surface area contributed by atoms with Crippen LogP contribution in [0.4, 0.5) is 0 Å². The molecule has 2 unspecified atom stereocenters. The predicted molar refractivity (Wildman–Crippen MR) is 48.9 cm³/mol. The molecule has 1 aromatic rings. The van der Waals surface area contributed by atoms with Crippen molar-refractivity contribution in [2.45, 2.75) is 23.6 Å². The number of aromatic nitrogens is 1. The summed E-state index contributed by atoms with van der Waals surface area (Å²) in [6, 6.07) is 4.17. The molecule has 1 aliphatic carbocycles. The lowest BCUT2D eigenvalue weighted by atomic mass is 9.80. The molecule has 1 aliphatic rings. The van der Waals surface area contributed by atoms with Crippen LogP contribution in [0.15, 0.2) is 24.5 Å². The number of pyridine rings is 1. The van der Waals surface area contributed by atoms with Gasteiger partial charge in [0.1, 0.15) is 0 Å². The van der Waals surface area contributed by atoms with E-state index in [1.54, 1.807) is 0 Å². The van der Waals surface area contributed by atoms with E-state index in [9.17, 15) is 0 Å². The highest BCUT2D eigenvalue weighted by atomic mass is 79.9. The van der Waals surface area contributed by atoms with E-state index < -0.39 is 0 Å². The first-order valence-electron chi connectivity index (χ1n) is 3.92. The van der Waals surface area contributed by atoms with Gasteiger partial charge in [0, 0.05) is 17.2 Å². The zero-order chi connectivity index (χ0) is 7.68. The molecule has 0 bridgehead atoms. The van der Waals surface area contributed by atoms with Crippen molar-refractivity contribution in [3.8, 4) is 0 Å². The van der Waals surface area contributed by atoms with Gasteiger partial charge in [-0.15, -0.1) is 0 Å². The molecule has 58 valence electrons. The van der Waals surface area contributed by atoms with Crippen LogP contribution in [-0.4, -0.2) is 9.81 Å². The zero-order valence-electron chi connectivity index (χ0n) is 6.20. The molecular formula is C9H10BrN. The highest BCUT2D eigenvalue weighted by molar-refractivity contribution is 9.09. The van der Waals surface area contributed by atoms with Gasteiger partial charge < -0.3 is 0 Å². The average molecular weight is 212 g/mol. The number of hydrogen-bond donors (Lipinski definition) is 0. The first-order valence-corrected chi connectivity index (χ1v) is 4.83. The summed E-state index contributed by atoms with van der Waals surface area (Å²) in [6.45, 7) is 0. The molecule has 1 saturated carbocycles. The Morgan fingerprint density at radius 3 is 2.82 bits per heavy atom. The van der Waals surface area contributed by atoms with E-state index in [-0.39, 0.29) is 0 Å². The lowest BCUT2D eigenvalue weighted by Gasteiger charge is -2.32. The maximum absolute atomic E-state index is 4.10. The Kier molecular flexibility index (Phi) is 1.95. The molecule has 0 radical (unpaired) electrons. The third-order valence-corrected chi connectivity index (χ3v) is 3.40. The second kappa shape index (κ2) is 2.94. The predicted octanol–water partition coefficient (Wildman–Crippen LogP) is 2.72. The van der Waals surface area contributed by atoms with E-state index in [2.05, 4.69) is 27.0 Å². The minimum atomic E-state index is 0.687. The molecule has 1 heterocycles. The normalized spacial score (nSPS) is 29.5. The highest BCUT2D eigenvalue weighted by Gasteiger charge is 2.29. The summed E-state index contributed by atoms with van der Waals surface area (Å²) in [6.07, 6.45) is 6.41. The molecule has 1 fully saturated rings. The molecule has 2 atom stereocenters. The Morgan fingerprint density at radius 1 is 1.45 bits per heavy atom. The zero-order valence-corrected chi connectivity index (χ0v) is 7.79. The van der Waals surface area contributed by atoms with Crippen molar-refractivity contribution in [3.63, 3.8) is 0 Å². The van der Waals surface area contributed by atoms with Crippen LogP contribution in [-0.2, 0) is 0 Å². The van der Waals surface area contributed by atoms with E-state index in [0.29, 0.717) is 10.7 Å². The summed E-state index contributed by atoms with van der Waals surface area (Å²) >= 11 is 3.64. The number of rotatable bonds is 1. The molecule has 1 nitrogen and oxygen atoms in total. The van der Waals surface area contributed by atoms with Crippen molar-refractivity contribution in [2.75, 3.05) is 0 Å². The molecule has 0 spiro atoms. The average Bonchev–Trinajstić information content (AvgIpc) is 2.04. The Balaban J connectivity index is 2.17. The van der Waals surface area contributed by atoms with Crippen LogP contribution in [0.2, 0.25) is 0 Å². The van der Waals surface area contributed by atoms with Crippen LogP contribution in [0.5, 0.6) is 0 Å². The molecular weight excluding hydrogens is 202 g/mol. The molecule has 11 heavy (non-hydrogen) atoms. The molecule has 1 aromatic heterocycles. The van der Waals surface area contributed by atoms with Crippen molar-refractivity contribution in [1.82, 2.24) is 4.98 Å². The fraction of sp³-hybridized carbons (Fsp3) is 0.444. The van der Waals surface area contributed by atoms with Gasteiger partial charge in [-0.05, 0) is 30.4 Å². The number of hydrogen-bond acceptors (Lipinski definition) is 1. The Bertz CT molecular complexity index is 235. The second-order valence-electron chi connectivity index (χ2n) is 2.99. The lowest BCUT2D eigenvalue weighted by Crippen LogP contribution is -2.23. The third-order valence-electron chi connectivity index (χ3n) is 2.30. The molecule has 2 heteroatoms. The van der Waals surface area contributed by atoms with E-state index in [1.807, 2.05) is 18.5 Å². The first-order chi connectivity index (χ1) is 5.38. The van der Waals surface area contributed by atoms with E-state index in [4.69, 9.17) is 0 Å². The summed E-state index contributed by atoms with van der Waals surface area (Å²) in [5.74, 6) is 0.712. The minimum absolute atomic E-state index is 0.687. The van der Waals surface area contributed by atoms with Crippen molar-refractivity contribution >= 4 is 15.9 Å². The van der Waals surface area contributed by atoms with Gasteiger partial charge >= 0.3 is 0 Å². The van der Waals surface area contributed by atoms with Gasteiger partial charge in [0.05, 0.1) is 0 Å². The minimum Gasteiger partial charge on any atom is -0.264 e. The van der Waals surface area contributed by atoms with Crippen molar-refractivity contribution in [2.24, 2.45) is 0 Å². The maximum Gasteiger partial charge on any atom is 0.0303 e.